The molecule has 19 heavy (non-hydrogen) atoms. The van der Waals surface area contributed by atoms with E-state index < -0.39 is 17.6 Å². The third kappa shape index (κ3) is 2.50. The van der Waals surface area contributed by atoms with Crippen molar-refractivity contribution in [3.8, 4) is 11.5 Å². The largest absolute Gasteiger partial charge is 0.508 e. The van der Waals surface area contributed by atoms with Gasteiger partial charge in [0.15, 0.2) is 0 Å². The molecule has 0 saturated heterocycles. The molecule has 5 N–H and O–H groups in total. The third-order valence-electron chi connectivity index (χ3n) is 2.65. The smallest absolute Gasteiger partial charge is 0.336 e. The van der Waals surface area contributed by atoms with Gasteiger partial charge in [0, 0.05) is 18.2 Å². The van der Waals surface area contributed by atoms with E-state index in [1.807, 2.05) is 0 Å². The number of hydrogen-bond donors (Lipinski definition) is 4. The van der Waals surface area contributed by atoms with Crippen molar-refractivity contribution >= 4 is 16.9 Å². The zero-order valence-electron chi connectivity index (χ0n) is 9.66. The first-order valence-electron chi connectivity index (χ1n) is 5.35. The van der Waals surface area contributed by atoms with Crippen molar-refractivity contribution in [2.75, 3.05) is 0 Å². The van der Waals surface area contributed by atoms with Crippen molar-refractivity contribution in [2.45, 2.75) is 12.5 Å². The average Bonchev–Trinajstić information content (AvgIpc) is 2.26. The zero-order valence-corrected chi connectivity index (χ0v) is 9.66. The predicted octanol–water partition coefficient (Wildman–Crippen LogP) is 0.159. The highest BCUT2D eigenvalue weighted by Gasteiger charge is 2.17. The molecule has 0 aliphatic rings. The van der Waals surface area contributed by atoms with E-state index in [0.29, 0.717) is 0 Å². The Kier molecular flexibility index (Phi) is 3.14. The molecule has 1 aromatic carbocycles. The van der Waals surface area contributed by atoms with Crippen molar-refractivity contribution < 1.29 is 24.5 Å². The molecule has 1 heterocycles. The van der Waals surface area contributed by atoms with Gasteiger partial charge in [0.25, 0.3) is 0 Å². The van der Waals surface area contributed by atoms with E-state index in [-0.39, 0.29) is 34.5 Å². The second-order valence-electron chi connectivity index (χ2n) is 4.08. The lowest BCUT2D eigenvalue weighted by atomic mass is 10.0. The Morgan fingerprint density at radius 1 is 1.32 bits per heavy atom. The number of nitrogens with two attached hydrogens (primary N) is 1. The van der Waals surface area contributed by atoms with E-state index in [0.717, 1.165) is 18.2 Å². The SMILES string of the molecule is N[C@@H](Cc1cc(=O)oc2cc(O)cc(O)c12)C(=O)O. The second-order valence-corrected chi connectivity index (χ2v) is 4.08. The molecule has 2 rings (SSSR count). The van der Waals surface area contributed by atoms with E-state index in [1.54, 1.807) is 0 Å². The van der Waals surface area contributed by atoms with Gasteiger partial charge in [-0.3, -0.25) is 4.79 Å². The van der Waals surface area contributed by atoms with Gasteiger partial charge in [-0.15, -0.1) is 0 Å². The summed E-state index contributed by atoms with van der Waals surface area (Å²) < 4.78 is 4.84. The quantitative estimate of drug-likeness (QED) is 0.580. The summed E-state index contributed by atoms with van der Waals surface area (Å²) in [7, 11) is 0. The molecule has 7 nitrogen and oxygen atoms in total. The van der Waals surface area contributed by atoms with E-state index >= 15 is 0 Å². The number of hydrogen-bond acceptors (Lipinski definition) is 6. The number of aliphatic carboxylic acids is 1. The predicted molar refractivity (Wildman–Crippen MR) is 65.1 cm³/mol. The summed E-state index contributed by atoms with van der Waals surface area (Å²) >= 11 is 0. The molecule has 100 valence electrons. The molecular formula is C12H11NO6. The fourth-order valence-corrected chi connectivity index (χ4v) is 1.83. The first-order valence-corrected chi connectivity index (χ1v) is 5.35. The molecule has 0 fully saturated rings. The number of rotatable bonds is 3. The monoisotopic (exact) mass is 265 g/mol. The molecule has 7 heteroatoms. The second kappa shape index (κ2) is 4.62. The van der Waals surface area contributed by atoms with Gasteiger partial charge in [-0.2, -0.15) is 0 Å². The summed E-state index contributed by atoms with van der Waals surface area (Å²) in [5.41, 5.74) is 4.91. The van der Waals surface area contributed by atoms with Crippen LogP contribution in [-0.2, 0) is 11.2 Å². The molecule has 2 aromatic rings. The number of carboxylic acid groups (broad SMARTS) is 1. The number of fused-ring (bicyclic) bond motifs is 1. The van der Waals surface area contributed by atoms with Gasteiger partial charge in [-0.05, 0) is 12.0 Å². The highest BCUT2D eigenvalue weighted by atomic mass is 16.4. The molecule has 1 atom stereocenters. The molecule has 1 aromatic heterocycles. The van der Waals surface area contributed by atoms with Crippen LogP contribution in [0.25, 0.3) is 11.0 Å². The van der Waals surface area contributed by atoms with Crippen LogP contribution in [0, 0.1) is 0 Å². The van der Waals surface area contributed by atoms with Crippen LogP contribution < -0.4 is 11.4 Å². The van der Waals surface area contributed by atoms with Crippen molar-refractivity contribution in [1.29, 1.82) is 0 Å². The molecule has 0 aliphatic heterocycles. The maximum Gasteiger partial charge on any atom is 0.336 e. The molecular weight excluding hydrogens is 254 g/mol. The number of carboxylic acids is 1. The van der Waals surface area contributed by atoms with Crippen LogP contribution >= 0.6 is 0 Å². The van der Waals surface area contributed by atoms with Crippen LogP contribution in [0.1, 0.15) is 5.56 Å². The zero-order chi connectivity index (χ0) is 14.2. The van der Waals surface area contributed by atoms with E-state index in [4.69, 9.17) is 15.3 Å². The Bertz CT molecular complexity index is 705. The standard InChI is InChI=1S/C12H11NO6/c13-7(12(17)18)1-5-2-10(16)19-9-4-6(14)3-8(15)11(5)9/h2-4,7,14-15H,1,13H2,(H,17,18)/t7-/m0/s1. The minimum atomic E-state index is -1.22. The molecule has 0 spiro atoms. The summed E-state index contributed by atoms with van der Waals surface area (Å²) in [6, 6.07) is 2.09. The molecule has 0 amide bonds. The number of phenolic OH excluding ortho intramolecular Hbond substituents is 2. The van der Waals surface area contributed by atoms with Gasteiger partial charge >= 0.3 is 11.6 Å². The lowest BCUT2D eigenvalue weighted by molar-refractivity contribution is -0.138. The van der Waals surface area contributed by atoms with E-state index in [9.17, 15) is 19.8 Å². The molecule has 0 aliphatic carbocycles. The first-order chi connectivity index (χ1) is 8.88. The fraction of sp³-hybridized carbons (Fsp3) is 0.167. The van der Waals surface area contributed by atoms with Crippen LogP contribution in [-0.4, -0.2) is 27.3 Å². The fourth-order valence-electron chi connectivity index (χ4n) is 1.83. The van der Waals surface area contributed by atoms with Crippen molar-refractivity contribution in [1.82, 2.24) is 0 Å². The van der Waals surface area contributed by atoms with Crippen LogP contribution in [0.15, 0.2) is 27.4 Å². The topological polar surface area (TPSA) is 134 Å². The Hall–Kier alpha value is -2.54. The van der Waals surface area contributed by atoms with Crippen LogP contribution in [0.5, 0.6) is 11.5 Å². The van der Waals surface area contributed by atoms with E-state index in [1.165, 1.54) is 0 Å². The summed E-state index contributed by atoms with van der Waals surface area (Å²) in [4.78, 5) is 22.1. The number of aromatic hydroxyl groups is 2. The highest BCUT2D eigenvalue weighted by Crippen LogP contribution is 2.31. The Balaban J connectivity index is 2.66. The summed E-state index contributed by atoms with van der Waals surface area (Å²) in [5.74, 6) is -1.81. The van der Waals surface area contributed by atoms with Gasteiger partial charge in [-0.25, -0.2) is 4.79 Å². The lowest BCUT2D eigenvalue weighted by Crippen LogP contribution is -2.32. The average molecular weight is 265 g/mol. The summed E-state index contributed by atoms with van der Waals surface area (Å²) in [6.07, 6.45) is -0.143. The molecule has 0 unspecified atom stereocenters. The third-order valence-corrected chi connectivity index (χ3v) is 2.65. The Labute approximate surface area is 106 Å². The Morgan fingerprint density at radius 2 is 2.00 bits per heavy atom. The van der Waals surface area contributed by atoms with Crippen molar-refractivity contribution in [3.63, 3.8) is 0 Å². The minimum Gasteiger partial charge on any atom is -0.508 e. The maximum absolute atomic E-state index is 11.4. The van der Waals surface area contributed by atoms with Gasteiger partial charge in [0.1, 0.15) is 23.1 Å². The number of carbonyl (C=O) groups is 1. The molecule has 0 bridgehead atoms. The normalized spacial score (nSPS) is 12.5. The first kappa shape index (κ1) is 12.9. The van der Waals surface area contributed by atoms with Crippen LogP contribution in [0.2, 0.25) is 0 Å². The molecule has 0 radical (unpaired) electrons. The Morgan fingerprint density at radius 3 is 2.63 bits per heavy atom. The maximum atomic E-state index is 11.4. The van der Waals surface area contributed by atoms with Gasteiger partial charge in [0.05, 0.1) is 5.39 Å². The number of benzene rings is 1. The number of phenols is 2. The highest BCUT2D eigenvalue weighted by molar-refractivity contribution is 5.88. The van der Waals surface area contributed by atoms with Gasteiger partial charge < -0.3 is 25.5 Å². The lowest BCUT2D eigenvalue weighted by Gasteiger charge is -2.10. The molecule has 0 saturated carbocycles. The van der Waals surface area contributed by atoms with Crippen LogP contribution in [0.3, 0.4) is 0 Å². The summed E-state index contributed by atoms with van der Waals surface area (Å²) in [5, 5.41) is 28.0. The summed E-state index contributed by atoms with van der Waals surface area (Å²) in [6.45, 7) is 0. The van der Waals surface area contributed by atoms with E-state index in [2.05, 4.69) is 0 Å². The van der Waals surface area contributed by atoms with Crippen molar-refractivity contribution in [3.05, 3.63) is 34.2 Å². The van der Waals surface area contributed by atoms with Gasteiger partial charge in [0.2, 0.25) is 0 Å². The van der Waals surface area contributed by atoms with Crippen molar-refractivity contribution in [2.24, 2.45) is 5.73 Å². The minimum absolute atomic E-state index is 0.0300. The van der Waals surface area contributed by atoms with Crippen LogP contribution in [0.4, 0.5) is 0 Å². The van der Waals surface area contributed by atoms with Gasteiger partial charge in [-0.1, -0.05) is 0 Å².